The van der Waals surface area contributed by atoms with Crippen LogP contribution in [0.15, 0.2) is 75.9 Å². The van der Waals surface area contributed by atoms with Crippen molar-refractivity contribution in [3.05, 3.63) is 88.1 Å². The van der Waals surface area contributed by atoms with Gasteiger partial charge in [-0.2, -0.15) is 0 Å². The van der Waals surface area contributed by atoms with Gasteiger partial charge in [-0.1, -0.05) is 6.07 Å². The first kappa shape index (κ1) is 19.3. The summed E-state index contributed by atoms with van der Waals surface area (Å²) in [6.45, 7) is 0. The average molecular weight is 402 g/mol. The van der Waals surface area contributed by atoms with E-state index in [4.69, 9.17) is 13.9 Å². The lowest BCUT2D eigenvalue weighted by Crippen LogP contribution is -2.18. The molecule has 0 saturated heterocycles. The Labute approximate surface area is 171 Å². The van der Waals surface area contributed by atoms with Crippen LogP contribution in [0.5, 0.6) is 17.2 Å². The largest absolute Gasteiger partial charge is 0.507 e. The van der Waals surface area contributed by atoms with E-state index in [9.17, 15) is 14.7 Å². The van der Waals surface area contributed by atoms with E-state index in [2.05, 4.69) is 0 Å². The van der Waals surface area contributed by atoms with E-state index in [0.29, 0.717) is 22.6 Å². The minimum atomic E-state index is -0.596. The summed E-state index contributed by atoms with van der Waals surface area (Å²) < 4.78 is 16.3. The van der Waals surface area contributed by atoms with Gasteiger partial charge in [-0.15, -0.1) is 0 Å². The highest BCUT2D eigenvalue weighted by Crippen LogP contribution is 2.31. The van der Waals surface area contributed by atoms with Crippen LogP contribution in [0.25, 0.3) is 22.3 Å². The zero-order valence-corrected chi connectivity index (χ0v) is 16.3. The zero-order valence-electron chi connectivity index (χ0n) is 16.3. The summed E-state index contributed by atoms with van der Waals surface area (Å²) in [5, 5.41) is 10.2. The smallest absolute Gasteiger partial charge is 0.208 e. The van der Waals surface area contributed by atoms with E-state index in [1.165, 1.54) is 13.2 Å². The standard InChI is InChI=1S/C24H18O6/c1-28-16-10-6-14(7-11-16)22(26)21-23(27)20-18(25)4-3-5-19(20)30-24(21)15-8-12-17(29-2)13-9-15/h3-13,25H,1-2H3. The van der Waals surface area contributed by atoms with Crippen LogP contribution < -0.4 is 14.9 Å². The lowest BCUT2D eigenvalue weighted by atomic mass is 9.97. The maximum Gasteiger partial charge on any atom is 0.208 e. The lowest BCUT2D eigenvalue weighted by molar-refractivity contribution is 0.103. The normalized spacial score (nSPS) is 10.7. The predicted octanol–water partition coefficient (Wildman–Crippen LogP) is 4.41. The molecule has 1 heterocycles. The molecule has 0 amide bonds. The number of fused-ring (bicyclic) bond motifs is 1. The fourth-order valence-corrected chi connectivity index (χ4v) is 3.26. The van der Waals surface area contributed by atoms with Gasteiger partial charge in [0.15, 0.2) is 0 Å². The van der Waals surface area contributed by atoms with E-state index in [0.717, 1.165) is 0 Å². The minimum Gasteiger partial charge on any atom is -0.507 e. The summed E-state index contributed by atoms with van der Waals surface area (Å²) in [6, 6.07) is 17.8. The van der Waals surface area contributed by atoms with Crippen molar-refractivity contribution in [3.63, 3.8) is 0 Å². The van der Waals surface area contributed by atoms with Gasteiger partial charge in [-0.25, -0.2) is 0 Å². The molecular formula is C24H18O6. The van der Waals surface area contributed by atoms with E-state index >= 15 is 0 Å². The molecule has 1 aromatic heterocycles. The maximum absolute atomic E-state index is 13.3. The topological polar surface area (TPSA) is 86.0 Å². The molecule has 4 aromatic rings. The number of ketones is 1. The average Bonchev–Trinajstić information content (AvgIpc) is 2.78. The Morgan fingerprint density at radius 1 is 0.867 bits per heavy atom. The van der Waals surface area contributed by atoms with Crippen LogP contribution in [0.4, 0.5) is 0 Å². The number of aromatic hydroxyl groups is 1. The number of benzene rings is 3. The van der Waals surface area contributed by atoms with E-state index in [1.54, 1.807) is 67.8 Å². The molecule has 0 unspecified atom stereocenters. The molecule has 0 aliphatic rings. The third kappa shape index (κ3) is 3.28. The Bertz CT molecular complexity index is 1280. The van der Waals surface area contributed by atoms with Gasteiger partial charge in [0.05, 0.1) is 14.2 Å². The lowest BCUT2D eigenvalue weighted by Gasteiger charge is -2.11. The Morgan fingerprint density at radius 2 is 1.47 bits per heavy atom. The number of carbonyl (C=O) groups is 1. The third-order valence-corrected chi connectivity index (χ3v) is 4.83. The number of hydrogen-bond donors (Lipinski definition) is 1. The second-order valence-corrected chi connectivity index (χ2v) is 6.57. The first-order valence-corrected chi connectivity index (χ1v) is 9.15. The summed E-state index contributed by atoms with van der Waals surface area (Å²) in [5.74, 6) is 0.586. The van der Waals surface area contributed by atoms with Crippen LogP contribution in [0.3, 0.4) is 0 Å². The van der Waals surface area contributed by atoms with Gasteiger partial charge in [-0.05, 0) is 60.7 Å². The zero-order chi connectivity index (χ0) is 21.3. The molecule has 30 heavy (non-hydrogen) atoms. The van der Waals surface area contributed by atoms with E-state index < -0.39 is 11.2 Å². The molecule has 1 N–H and O–H groups in total. The second-order valence-electron chi connectivity index (χ2n) is 6.57. The third-order valence-electron chi connectivity index (χ3n) is 4.83. The minimum absolute atomic E-state index is 0.0355. The quantitative estimate of drug-likeness (QED) is 0.498. The molecule has 6 heteroatoms. The molecule has 0 radical (unpaired) electrons. The highest BCUT2D eigenvalue weighted by atomic mass is 16.5. The van der Waals surface area contributed by atoms with Crippen LogP contribution in [0.1, 0.15) is 15.9 Å². The van der Waals surface area contributed by atoms with Gasteiger partial charge < -0.3 is 19.0 Å². The van der Waals surface area contributed by atoms with Crippen LogP contribution in [0, 0.1) is 0 Å². The van der Waals surface area contributed by atoms with Crippen molar-refractivity contribution in [2.75, 3.05) is 14.2 Å². The van der Waals surface area contributed by atoms with Crippen LogP contribution >= 0.6 is 0 Å². The molecular weight excluding hydrogens is 384 g/mol. The number of methoxy groups -OCH3 is 2. The molecule has 0 atom stereocenters. The van der Waals surface area contributed by atoms with Gasteiger partial charge in [0.25, 0.3) is 0 Å². The summed E-state index contributed by atoms with van der Waals surface area (Å²) in [6.07, 6.45) is 0. The van der Waals surface area contributed by atoms with Crippen molar-refractivity contribution in [2.24, 2.45) is 0 Å². The second kappa shape index (κ2) is 7.75. The molecule has 150 valence electrons. The van der Waals surface area contributed by atoms with Crippen molar-refractivity contribution in [3.8, 4) is 28.6 Å². The molecule has 6 nitrogen and oxygen atoms in total. The number of phenols is 1. The van der Waals surface area contributed by atoms with Crippen molar-refractivity contribution in [1.29, 1.82) is 0 Å². The summed E-state index contributed by atoms with van der Waals surface area (Å²) in [5.41, 5.74) is 0.278. The van der Waals surface area contributed by atoms with E-state index in [1.807, 2.05) is 0 Å². The number of carbonyl (C=O) groups excluding carboxylic acids is 1. The molecule has 0 aliphatic carbocycles. The first-order valence-electron chi connectivity index (χ1n) is 9.15. The molecule has 3 aromatic carbocycles. The fraction of sp³-hybridized carbons (Fsp3) is 0.0833. The summed E-state index contributed by atoms with van der Waals surface area (Å²) in [4.78, 5) is 26.6. The highest BCUT2D eigenvalue weighted by molar-refractivity contribution is 6.13. The predicted molar refractivity (Wildman–Crippen MR) is 113 cm³/mol. The SMILES string of the molecule is COc1ccc(C(=O)c2c(-c3ccc(OC)cc3)oc3cccc(O)c3c2=O)cc1. The monoisotopic (exact) mass is 402 g/mol. The van der Waals surface area contributed by atoms with Gasteiger partial charge >= 0.3 is 0 Å². The number of hydrogen-bond acceptors (Lipinski definition) is 6. The Hall–Kier alpha value is -4.06. The maximum atomic E-state index is 13.3. The Morgan fingerprint density at radius 3 is 2.07 bits per heavy atom. The Balaban J connectivity index is 1.99. The van der Waals surface area contributed by atoms with Crippen LogP contribution in [-0.2, 0) is 0 Å². The van der Waals surface area contributed by atoms with Crippen molar-refractivity contribution >= 4 is 16.8 Å². The highest BCUT2D eigenvalue weighted by Gasteiger charge is 2.24. The molecule has 0 aliphatic heterocycles. The first-order chi connectivity index (χ1) is 14.5. The van der Waals surface area contributed by atoms with Gasteiger partial charge in [-0.3, -0.25) is 9.59 Å². The summed E-state index contributed by atoms with van der Waals surface area (Å²) in [7, 11) is 3.08. The van der Waals surface area contributed by atoms with Crippen molar-refractivity contribution in [2.45, 2.75) is 0 Å². The van der Waals surface area contributed by atoms with Crippen LogP contribution in [-0.4, -0.2) is 25.1 Å². The van der Waals surface area contributed by atoms with Gasteiger partial charge in [0, 0.05) is 11.1 Å². The molecule has 0 fully saturated rings. The van der Waals surface area contributed by atoms with E-state index in [-0.39, 0.29) is 28.0 Å². The van der Waals surface area contributed by atoms with Crippen molar-refractivity contribution in [1.82, 2.24) is 0 Å². The van der Waals surface area contributed by atoms with Gasteiger partial charge in [0.1, 0.15) is 39.5 Å². The molecule has 0 bridgehead atoms. The van der Waals surface area contributed by atoms with Crippen LogP contribution in [0.2, 0.25) is 0 Å². The number of phenolic OH excluding ortho intramolecular Hbond substituents is 1. The van der Waals surface area contributed by atoms with Gasteiger partial charge in [0.2, 0.25) is 11.2 Å². The number of rotatable bonds is 5. The Kier molecular flexibility index (Phi) is 4.98. The molecule has 0 spiro atoms. The summed E-state index contributed by atoms with van der Waals surface area (Å²) >= 11 is 0. The number of ether oxygens (including phenoxy) is 2. The molecule has 0 saturated carbocycles. The molecule has 4 rings (SSSR count). The van der Waals surface area contributed by atoms with Crippen molar-refractivity contribution < 1.29 is 23.8 Å². The fourth-order valence-electron chi connectivity index (χ4n) is 3.26.